The van der Waals surface area contributed by atoms with Crippen LogP contribution in [0.2, 0.25) is 0 Å². The summed E-state index contributed by atoms with van der Waals surface area (Å²) < 4.78 is 16.6. The van der Waals surface area contributed by atoms with Crippen molar-refractivity contribution in [3.63, 3.8) is 0 Å². The largest absolute Gasteiger partial charge is 0.493 e. The van der Waals surface area contributed by atoms with E-state index < -0.39 is 17.2 Å². The van der Waals surface area contributed by atoms with Crippen molar-refractivity contribution in [3.8, 4) is 11.5 Å². The Morgan fingerprint density at radius 1 is 1.11 bits per heavy atom. The minimum atomic E-state index is -0.833. The number of carbonyl (C=O) groups excluding carboxylic acids is 2. The molecule has 0 aliphatic carbocycles. The molecule has 2 N–H and O–H groups in total. The van der Waals surface area contributed by atoms with E-state index in [9.17, 15) is 9.59 Å². The zero-order valence-electron chi connectivity index (χ0n) is 21.1. The molecule has 2 aromatic carbocycles. The van der Waals surface area contributed by atoms with Crippen LogP contribution in [-0.2, 0) is 16.0 Å². The summed E-state index contributed by atoms with van der Waals surface area (Å²) in [6, 6.07) is 14.1. The lowest BCUT2D eigenvalue weighted by atomic mass is 9.73. The van der Waals surface area contributed by atoms with Crippen LogP contribution in [0.15, 0.2) is 42.5 Å². The van der Waals surface area contributed by atoms with E-state index in [1.165, 1.54) is 0 Å². The third-order valence-corrected chi connectivity index (χ3v) is 6.66. The lowest BCUT2D eigenvalue weighted by molar-refractivity contribution is -0.134. The average Bonchev–Trinajstić information content (AvgIpc) is 2.84. The Balaban J connectivity index is 1.76. The number of carbonyl (C=O) groups is 2. The smallest absolute Gasteiger partial charge is 0.408 e. The number of amides is 1. The van der Waals surface area contributed by atoms with Gasteiger partial charge < -0.3 is 24.8 Å². The van der Waals surface area contributed by atoms with Crippen LogP contribution in [0, 0.1) is 0 Å². The second kappa shape index (κ2) is 9.87. The summed E-state index contributed by atoms with van der Waals surface area (Å²) >= 11 is 0. The zero-order chi connectivity index (χ0) is 25.2. The van der Waals surface area contributed by atoms with Gasteiger partial charge in [0.15, 0.2) is 17.3 Å². The van der Waals surface area contributed by atoms with Gasteiger partial charge in [0.1, 0.15) is 5.60 Å². The fourth-order valence-electron chi connectivity index (χ4n) is 5.16. The molecule has 1 saturated heterocycles. The van der Waals surface area contributed by atoms with E-state index in [0.29, 0.717) is 31.0 Å². The van der Waals surface area contributed by atoms with Crippen LogP contribution in [0.1, 0.15) is 43.5 Å². The van der Waals surface area contributed by atoms with E-state index in [0.717, 1.165) is 23.2 Å². The zero-order valence-corrected chi connectivity index (χ0v) is 21.1. The van der Waals surface area contributed by atoms with Gasteiger partial charge in [-0.1, -0.05) is 30.3 Å². The highest BCUT2D eigenvalue weighted by Crippen LogP contribution is 2.46. The Hall–Kier alpha value is -3.10. The standard InChI is InChI=1S/C27H35N3O5/c1-26(2,3)35-25(32)29-16-23(31)27-15-19-13-21(33-4)22(34-5)14-20(19)24(18-9-7-6-8-10-18)30(27)12-11-28-17-27/h6-10,13-14,24,28H,11-12,15-17H2,1-5H3,(H,29,32). The Morgan fingerprint density at radius 3 is 2.46 bits per heavy atom. The van der Waals surface area contributed by atoms with Crippen LogP contribution in [0.25, 0.3) is 0 Å². The first kappa shape index (κ1) is 25.0. The first-order valence-corrected chi connectivity index (χ1v) is 12.0. The van der Waals surface area contributed by atoms with Gasteiger partial charge in [0.05, 0.1) is 32.3 Å². The topological polar surface area (TPSA) is 89.1 Å². The molecule has 2 heterocycles. The predicted molar refractivity (Wildman–Crippen MR) is 133 cm³/mol. The number of Topliss-reactive ketones (excluding diaryl/α,β-unsaturated/α-hetero) is 1. The quantitative estimate of drug-likeness (QED) is 0.655. The SMILES string of the molecule is COc1cc2c(cc1OC)C(c1ccccc1)N1CCNCC1(C(=O)CNC(=O)OC(C)(C)C)C2. The highest BCUT2D eigenvalue weighted by molar-refractivity contribution is 5.93. The van der Waals surface area contributed by atoms with Crippen molar-refractivity contribution in [2.24, 2.45) is 0 Å². The number of fused-ring (bicyclic) bond motifs is 2. The van der Waals surface area contributed by atoms with Gasteiger partial charge in [-0.2, -0.15) is 0 Å². The highest BCUT2D eigenvalue weighted by Gasteiger charge is 2.52. The van der Waals surface area contributed by atoms with E-state index in [-0.39, 0.29) is 18.4 Å². The molecule has 8 nitrogen and oxygen atoms in total. The fourth-order valence-corrected chi connectivity index (χ4v) is 5.16. The third kappa shape index (κ3) is 4.99. The number of nitrogens with one attached hydrogen (secondary N) is 2. The van der Waals surface area contributed by atoms with Gasteiger partial charge in [0.25, 0.3) is 0 Å². The Morgan fingerprint density at radius 2 is 1.80 bits per heavy atom. The predicted octanol–water partition coefficient (Wildman–Crippen LogP) is 3.09. The first-order valence-electron chi connectivity index (χ1n) is 12.0. The maximum atomic E-state index is 13.9. The molecule has 0 saturated carbocycles. The second-order valence-corrected chi connectivity index (χ2v) is 10.1. The number of hydrogen-bond acceptors (Lipinski definition) is 7. The molecule has 0 bridgehead atoms. The molecule has 0 radical (unpaired) electrons. The molecule has 8 heteroatoms. The van der Waals surface area contributed by atoms with E-state index in [4.69, 9.17) is 14.2 Å². The van der Waals surface area contributed by atoms with E-state index >= 15 is 0 Å². The number of rotatable bonds is 6. The summed E-state index contributed by atoms with van der Waals surface area (Å²) in [5.41, 5.74) is 1.75. The minimum absolute atomic E-state index is 0.0584. The van der Waals surface area contributed by atoms with Crippen molar-refractivity contribution < 1.29 is 23.8 Å². The fraction of sp³-hybridized carbons (Fsp3) is 0.481. The van der Waals surface area contributed by atoms with Gasteiger partial charge in [-0.15, -0.1) is 0 Å². The summed E-state index contributed by atoms with van der Waals surface area (Å²) in [6.45, 7) is 7.21. The molecule has 1 fully saturated rings. The number of nitrogens with zero attached hydrogens (tertiary/aromatic N) is 1. The third-order valence-electron chi connectivity index (χ3n) is 6.66. The number of benzene rings is 2. The Bertz CT molecular complexity index is 1080. The van der Waals surface area contributed by atoms with E-state index in [2.05, 4.69) is 27.7 Å². The lowest BCUT2D eigenvalue weighted by Gasteiger charge is -2.54. The van der Waals surface area contributed by atoms with Gasteiger partial charge in [-0.3, -0.25) is 9.69 Å². The maximum Gasteiger partial charge on any atom is 0.408 e. The molecule has 35 heavy (non-hydrogen) atoms. The molecule has 0 spiro atoms. The van der Waals surface area contributed by atoms with Gasteiger partial charge in [-0.25, -0.2) is 4.79 Å². The Kier molecular flexibility index (Phi) is 7.05. The summed E-state index contributed by atoms with van der Waals surface area (Å²) in [4.78, 5) is 28.5. The number of ether oxygens (including phenoxy) is 3. The van der Waals surface area contributed by atoms with Gasteiger partial charge in [-0.05, 0) is 56.0 Å². The average molecular weight is 482 g/mol. The van der Waals surface area contributed by atoms with Crippen molar-refractivity contribution in [2.75, 3.05) is 40.4 Å². The van der Waals surface area contributed by atoms with Crippen LogP contribution in [0.4, 0.5) is 4.79 Å². The number of ketones is 1. The summed E-state index contributed by atoms with van der Waals surface area (Å²) in [7, 11) is 3.24. The molecule has 1 amide bonds. The van der Waals surface area contributed by atoms with Crippen LogP contribution < -0.4 is 20.1 Å². The molecule has 2 unspecified atom stereocenters. The highest BCUT2D eigenvalue weighted by atomic mass is 16.6. The first-order chi connectivity index (χ1) is 16.7. The van der Waals surface area contributed by atoms with Crippen LogP contribution in [0.3, 0.4) is 0 Å². The maximum absolute atomic E-state index is 13.9. The molecule has 2 aromatic rings. The molecular weight excluding hydrogens is 446 g/mol. The number of hydrogen-bond donors (Lipinski definition) is 2. The number of alkyl carbamates (subject to hydrolysis) is 1. The van der Waals surface area contributed by atoms with Gasteiger partial charge in [0, 0.05) is 19.6 Å². The minimum Gasteiger partial charge on any atom is -0.493 e. The molecule has 2 aliphatic rings. The summed E-state index contributed by atoms with van der Waals surface area (Å²) in [6.07, 6.45) is -0.104. The van der Waals surface area contributed by atoms with Gasteiger partial charge in [0.2, 0.25) is 0 Å². The van der Waals surface area contributed by atoms with E-state index in [1.807, 2.05) is 30.3 Å². The van der Waals surface area contributed by atoms with Crippen molar-refractivity contribution in [1.82, 2.24) is 15.5 Å². The Labute approximate surface area is 206 Å². The molecule has 2 atom stereocenters. The second-order valence-electron chi connectivity index (χ2n) is 10.1. The van der Waals surface area contributed by atoms with Crippen molar-refractivity contribution in [3.05, 3.63) is 59.2 Å². The molecule has 0 aromatic heterocycles. The summed E-state index contributed by atoms with van der Waals surface area (Å²) in [5, 5.41) is 6.10. The number of methoxy groups -OCH3 is 2. The monoisotopic (exact) mass is 481 g/mol. The lowest BCUT2D eigenvalue weighted by Crippen LogP contribution is -2.70. The molecule has 4 rings (SSSR count). The van der Waals surface area contributed by atoms with Crippen molar-refractivity contribution in [2.45, 2.75) is 44.4 Å². The van der Waals surface area contributed by atoms with E-state index in [1.54, 1.807) is 35.0 Å². The normalized spacial score (nSPS) is 21.9. The summed E-state index contributed by atoms with van der Waals surface area (Å²) in [5.74, 6) is 1.23. The molecule has 2 aliphatic heterocycles. The number of piperazine rings is 1. The van der Waals surface area contributed by atoms with Crippen molar-refractivity contribution in [1.29, 1.82) is 0 Å². The molecular formula is C27H35N3O5. The molecule has 188 valence electrons. The van der Waals surface area contributed by atoms with Crippen LogP contribution >= 0.6 is 0 Å². The van der Waals surface area contributed by atoms with Crippen molar-refractivity contribution >= 4 is 11.9 Å². The van der Waals surface area contributed by atoms with Crippen LogP contribution in [-0.4, -0.2) is 68.3 Å². The van der Waals surface area contributed by atoms with Gasteiger partial charge >= 0.3 is 6.09 Å². The van der Waals surface area contributed by atoms with Crippen LogP contribution in [0.5, 0.6) is 11.5 Å².